The fraction of sp³-hybridized carbons (Fsp3) is 0.600. The van der Waals surface area contributed by atoms with Crippen LogP contribution in [0.1, 0.15) is 32.8 Å². The first kappa shape index (κ1) is 20.1. The van der Waals surface area contributed by atoms with E-state index in [1.54, 1.807) is 6.07 Å². The van der Waals surface area contributed by atoms with Crippen LogP contribution in [0, 0.1) is 6.92 Å². The molecular weight excluding hydrogens is 364 g/mol. The Balaban J connectivity index is 1.47. The molecule has 3 aliphatic heterocycles. The van der Waals surface area contributed by atoms with Crippen molar-refractivity contribution in [3.05, 3.63) is 28.8 Å². The summed E-state index contributed by atoms with van der Waals surface area (Å²) < 4.78 is 0. The standard InChI is InChI=1S/C20H29ClN4O2/c1-13-5-6-14(21)7-17(13)22-18(26)11-24-9-15-8-16(10-24)25(15)12-19(27)23-20(2,3)4/h5-7,15-16H,8-12H2,1-4H3,(H,22,26)(H,23,27). The summed E-state index contributed by atoms with van der Waals surface area (Å²) in [4.78, 5) is 29.0. The molecule has 0 radical (unpaired) electrons. The average molecular weight is 393 g/mol. The van der Waals surface area contributed by atoms with E-state index < -0.39 is 0 Å². The molecule has 0 aromatic heterocycles. The van der Waals surface area contributed by atoms with E-state index in [4.69, 9.17) is 11.6 Å². The van der Waals surface area contributed by atoms with Crippen LogP contribution in [0.4, 0.5) is 5.69 Å². The first-order valence-corrected chi connectivity index (χ1v) is 9.83. The van der Waals surface area contributed by atoms with E-state index in [2.05, 4.69) is 20.4 Å². The third kappa shape index (κ3) is 5.21. The largest absolute Gasteiger partial charge is 0.350 e. The molecule has 2 unspecified atom stereocenters. The van der Waals surface area contributed by atoms with Gasteiger partial charge in [-0.2, -0.15) is 0 Å². The Hall–Kier alpha value is -1.63. The Morgan fingerprint density at radius 1 is 1.15 bits per heavy atom. The number of amides is 2. The zero-order valence-corrected chi connectivity index (χ0v) is 17.3. The second-order valence-corrected chi connectivity index (χ2v) is 9.15. The maximum absolute atomic E-state index is 12.4. The number of piperidine rings is 1. The molecular formula is C20H29ClN4O2. The SMILES string of the molecule is Cc1ccc(Cl)cc1NC(=O)CN1CC2CC(C1)N2CC(=O)NC(C)(C)C. The lowest BCUT2D eigenvalue weighted by atomic mass is 9.87. The maximum Gasteiger partial charge on any atom is 0.238 e. The molecule has 2 atom stereocenters. The fourth-order valence-electron chi connectivity index (χ4n) is 3.91. The Morgan fingerprint density at radius 3 is 2.44 bits per heavy atom. The molecule has 7 heteroatoms. The topological polar surface area (TPSA) is 64.7 Å². The number of anilines is 1. The first-order valence-electron chi connectivity index (χ1n) is 9.46. The highest BCUT2D eigenvalue weighted by Crippen LogP contribution is 2.31. The summed E-state index contributed by atoms with van der Waals surface area (Å²) in [5.74, 6) is 0.0403. The zero-order valence-electron chi connectivity index (χ0n) is 16.5. The molecule has 148 valence electrons. The van der Waals surface area contributed by atoms with Crippen molar-refractivity contribution in [2.24, 2.45) is 0 Å². The van der Waals surface area contributed by atoms with Crippen LogP contribution in [0.15, 0.2) is 18.2 Å². The van der Waals surface area contributed by atoms with Crippen LogP contribution in [0.25, 0.3) is 0 Å². The molecule has 27 heavy (non-hydrogen) atoms. The molecule has 0 spiro atoms. The number of rotatable bonds is 5. The van der Waals surface area contributed by atoms with Gasteiger partial charge in [0, 0.05) is 41.4 Å². The lowest BCUT2D eigenvalue weighted by molar-refractivity contribution is -0.134. The number of hydrogen-bond acceptors (Lipinski definition) is 4. The Bertz CT molecular complexity index is 719. The number of fused-ring (bicyclic) bond motifs is 2. The molecule has 3 aliphatic rings. The van der Waals surface area contributed by atoms with Crippen molar-refractivity contribution in [3.8, 4) is 0 Å². The van der Waals surface area contributed by atoms with Gasteiger partial charge in [0.2, 0.25) is 11.8 Å². The predicted molar refractivity (Wildman–Crippen MR) is 108 cm³/mol. The van der Waals surface area contributed by atoms with Gasteiger partial charge in [-0.25, -0.2) is 0 Å². The van der Waals surface area contributed by atoms with Gasteiger partial charge in [-0.05, 0) is 51.8 Å². The van der Waals surface area contributed by atoms with Crippen molar-refractivity contribution < 1.29 is 9.59 Å². The number of carbonyl (C=O) groups excluding carboxylic acids is 2. The highest BCUT2D eigenvalue weighted by atomic mass is 35.5. The van der Waals surface area contributed by atoms with E-state index in [9.17, 15) is 9.59 Å². The normalized spacial score (nSPS) is 22.9. The quantitative estimate of drug-likeness (QED) is 0.806. The lowest BCUT2D eigenvalue weighted by Crippen LogP contribution is -2.70. The monoisotopic (exact) mass is 392 g/mol. The summed E-state index contributed by atoms with van der Waals surface area (Å²) in [7, 11) is 0. The van der Waals surface area contributed by atoms with Crippen molar-refractivity contribution in [1.29, 1.82) is 0 Å². The minimum absolute atomic E-state index is 0.0290. The number of nitrogens with one attached hydrogen (secondary N) is 2. The zero-order chi connectivity index (χ0) is 19.8. The van der Waals surface area contributed by atoms with E-state index in [-0.39, 0.29) is 17.4 Å². The lowest BCUT2D eigenvalue weighted by Gasteiger charge is -2.56. The number of benzene rings is 1. The molecule has 0 aliphatic carbocycles. The van der Waals surface area contributed by atoms with Crippen molar-refractivity contribution in [1.82, 2.24) is 15.1 Å². The number of piperazine rings is 1. The van der Waals surface area contributed by atoms with Gasteiger partial charge in [0.1, 0.15) is 0 Å². The van der Waals surface area contributed by atoms with Crippen LogP contribution in [-0.4, -0.2) is 65.4 Å². The Kier molecular flexibility index (Phi) is 5.79. The highest BCUT2D eigenvalue weighted by Gasteiger charge is 2.45. The van der Waals surface area contributed by atoms with Gasteiger partial charge >= 0.3 is 0 Å². The summed E-state index contributed by atoms with van der Waals surface area (Å²) in [5, 5.41) is 6.58. The number of halogens is 1. The summed E-state index contributed by atoms with van der Waals surface area (Å²) in [6, 6.07) is 6.20. The number of hydrogen-bond donors (Lipinski definition) is 2. The fourth-order valence-corrected chi connectivity index (χ4v) is 4.08. The van der Waals surface area contributed by atoms with Gasteiger partial charge in [-0.3, -0.25) is 19.4 Å². The van der Waals surface area contributed by atoms with Crippen LogP contribution < -0.4 is 10.6 Å². The van der Waals surface area contributed by atoms with Crippen LogP contribution in [0.3, 0.4) is 0 Å². The van der Waals surface area contributed by atoms with Crippen molar-refractivity contribution in [3.63, 3.8) is 0 Å². The highest BCUT2D eigenvalue weighted by molar-refractivity contribution is 6.31. The maximum atomic E-state index is 12.4. The molecule has 0 saturated carbocycles. The number of aryl methyl sites for hydroxylation is 1. The van der Waals surface area contributed by atoms with Crippen LogP contribution in [0.5, 0.6) is 0 Å². The van der Waals surface area contributed by atoms with E-state index in [0.717, 1.165) is 30.8 Å². The van der Waals surface area contributed by atoms with Gasteiger partial charge in [0.15, 0.2) is 0 Å². The van der Waals surface area contributed by atoms with Gasteiger partial charge in [0.25, 0.3) is 0 Å². The minimum atomic E-state index is -0.209. The molecule has 3 heterocycles. The van der Waals surface area contributed by atoms with E-state index in [1.165, 1.54) is 0 Å². The van der Waals surface area contributed by atoms with Gasteiger partial charge in [-0.15, -0.1) is 0 Å². The Labute approximate surface area is 166 Å². The smallest absolute Gasteiger partial charge is 0.238 e. The minimum Gasteiger partial charge on any atom is -0.350 e. The van der Waals surface area contributed by atoms with Gasteiger partial charge < -0.3 is 10.6 Å². The van der Waals surface area contributed by atoms with E-state index in [0.29, 0.717) is 30.2 Å². The molecule has 6 nitrogen and oxygen atoms in total. The second-order valence-electron chi connectivity index (χ2n) is 8.72. The average Bonchev–Trinajstić information content (AvgIpc) is 2.54. The summed E-state index contributed by atoms with van der Waals surface area (Å²) in [6.45, 7) is 10.4. The molecule has 4 rings (SSSR count). The molecule has 2 amide bonds. The Morgan fingerprint density at radius 2 is 1.81 bits per heavy atom. The molecule has 2 bridgehead atoms. The molecule has 1 aromatic carbocycles. The third-order valence-corrected chi connectivity index (χ3v) is 5.34. The van der Waals surface area contributed by atoms with Crippen molar-refractivity contribution in [2.45, 2.75) is 51.7 Å². The molecule has 2 N–H and O–H groups in total. The van der Waals surface area contributed by atoms with Gasteiger partial charge in [0.05, 0.1) is 13.1 Å². The van der Waals surface area contributed by atoms with Crippen LogP contribution in [-0.2, 0) is 9.59 Å². The molecule has 3 fully saturated rings. The number of nitrogens with zero attached hydrogens (tertiary/aromatic N) is 2. The molecule has 3 saturated heterocycles. The molecule has 1 aromatic rings. The van der Waals surface area contributed by atoms with E-state index in [1.807, 2.05) is 39.8 Å². The predicted octanol–water partition coefficient (Wildman–Crippen LogP) is 2.26. The first-order chi connectivity index (χ1) is 12.6. The van der Waals surface area contributed by atoms with Crippen molar-refractivity contribution >= 4 is 29.1 Å². The summed E-state index contributed by atoms with van der Waals surface area (Å²) >= 11 is 6.01. The summed E-state index contributed by atoms with van der Waals surface area (Å²) in [6.07, 6.45) is 1.11. The number of carbonyl (C=O) groups is 2. The van der Waals surface area contributed by atoms with Crippen LogP contribution >= 0.6 is 11.6 Å². The van der Waals surface area contributed by atoms with E-state index >= 15 is 0 Å². The van der Waals surface area contributed by atoms with Gasteiger partial charge in [-0.1, -0.05) is 17.7 Å². The second kappa shape index (κ2) is 7.78. The van der Waals surface area contributed by atoms with Crippen LogP contribution in [0.2, 0.25) is 5.02 Å². The summed E-state index contributed by atoms with van der Waals surface area (Å²) in [5.41, 5.74) is 1.54. The third-order valence-electron chi connectivity index (χ3n) is 5.10. The van der Waals surface area contributed by atoms with Crippen molar-refractivity contribution in [2.75, 3.05) is 31.5 Å².